The summed E-state index contributed by atoms with van der Waals surface area (Å²) >= 11 is 0. The van der Waals surface area contributed by atoms with Gasteiger partial charge in [0.05, 0.1) is 19.7 Å². The molecule has 0 aliphatic heterocycles. The number of aromatic hydroxyl groups is 1. The summed E-state index contributed by atoms with van der Waals surface area (Å²) in [5, 5.41) is 10.6. The van der Waals surface area contributed by atoms with E-state index < -0.39 is 5.97 Å². The molecule has 6 nitrogen and oxygen atoms in total. The van der Waals surface area contributed by atoms with E-state index >= 15 is 0 Å². The second-order valence-electron chi connectivity index (χ2n) is 5.19. The van der Waals surface area contributed by atoms with Crippen molar-refractivity contribution in [1.29, 1.82) is 0 Å². The van der Waals surface area contributed by atoms with Crippen molar-refractivity contribution in [2.45, 2.75) is 0 Å². The Labute approximate surface area is 137 Å². The van der Waals surface area contributed by atoms with Gasteiger partial charge >= 0.3 is 5.97 Å². The molecular weight excluding hydrogens is 310 g/mol. The normalized spacial score (nSPS) is 10.6. The van der Waals surface area contributed by atoms with E-state index in [4.69, 9.17) is 4.74 Å². The highest BCUT2D eigenvalue weighted by Crippen LogP contribution is 2.30. The number of phenols is 1. The second kappa shape index (κ2) is 6.08. The number of aromatic nitrogens is 1. The van der Waals surface area contributed by atoms with E-state index in [0.717, 1.165) is 11.6 Å². The van der Waals surface area contributed by atoms with Crippen LogP contribution in [0.25, 0.3) is 22.0 Å². The van der Waals surface area contributed by atoms with E-state index in [2.05, 4.69) is 9.72 Å². The molecule has 0 atom stereocenters. The summed E-state index contributed by atoms with van der Waals surface area (Å²) in [5.41, 5.74) is 1.31. The van der Waals surface area contributed by atoms with Crippen LogP contribution in [0.4, 0.5) is 0 Å². The summed E-state index contributed by atoms with van der Waals surface area (Å²) in [5.74, 6) is -0.0851. The van der Waals surface area contributed by atoms with Crippen molar-refractivity contribution in [3.05, 3.63) is 58.4 Å². The number of methoxy groups -OCH3 is 2. The number of H-pyrrole nitrogens is 1. The Hall–Kier alpha value is -3.28. The monoisotopic (exact) mass is 325 g/mol. The number of carbonyl (C=O) groups excluding carboxylic acids is 1. The number of benzene rings is 2. The zero-order valence-electron chi connectivity index (χ0n) is 13.1. The third-order valence-corrected chi connectivity index (χ3v) is 3.75. The van der Waals surface area contributed by atoms with Gasteiger partial charge in [0.1, 0.15) is 17.2 Å². The molecule has 122 valence electrons. The fourth-order valence-corrected chi connectivity index (χ4v) is 2.50. The van der Waals surface area contributed by atoms with Crippen molar-refractivity contribution in [3.8, 4) is 22.6 Å². The molecule has 0 bridgehead atoms. The van der Waals surface area contributed by atoms with Crippen LogP contribution in [0.1, 0.15) is 10.5 Å². The quantitative estimate of drug-likeness (QED) is 0.723. The van der Waals surface area contributed by atoms with Crippen molar-refractivity contribution in [2.75, 3.05) is 14.2 Å². The van der Waals surface area contributed by atoms with Gasteiger partial charge in [-0.05, 0) is 35.4 Å². The standard InChI is InChI=1S/C18H15NO5/c1-23-12-5-3-10(4-6-12)11-7-13-15(20)9-14(18(22)24-2)19-17(13)16(21)8-11/h3-9,21H,1-2H3,(H,19,20). The summed E-state index contributed by atoms with van der Waals surface area (Å²) in [6.45, 7) is 0. The van der Waals surface area contributed by atoms with Crippen LogP contribution >= 0.6 is 0 Å². The fraction of sp³-hybridized carbons (Fsp3) is 0.111. The molecule has 0 fully saturated rings. The van der Waals surface area contributed by atoms with Crippen LogP contribution in [0.2, 0.25) is 0 Å². The SMILES string of the molecule is COC(=O)c1cc(=O)c2cc(-c3ccc(OC)cc3)cc(O)c2[nH]1. The van der Waals surface area contributed by atoms with Crippen LogP contribution in [0, 0.1) is 0 Å². The third-order valence-electron chi connectivity index (χ3n) is 3.75. The minimum absolute atomic E-state index is 0.0116. The minimum Gasteiger partial charge on any atom is -0.506 e. The van der Waals surface area contributed by atoms with E-state index in [1.54, 1.807) is 25.3 Å². The fourth-order valence-electron chi connectivity index (χ4n) is 2.50. The van der Waals surface area contributed by atoms with E-state index in [1.807, 2.05) is 12.1 Å². The maximum Gasteiger partial charge on any atom is 0.354 e. The van der Waals surface area contributed by atoms with Gasteiger partial charge in [-0.1, -0.05) is 12.1 Å². The smallest absolute Gasteiger partial charge is 0.354 e. The molecule has 6 heteroatoms. The zero-order valence-corrected chi connectivity index (χ0v) is 13.1. The number of ether oxygens (including phenoxy) is 2. The largest absolute Gasteiger partial charge is 0.506 e. The van der Waals surface area contributed by atoms with Crippen molar-refractivity contribution in [2.24, 2.45) is 0 Å². The first kappa shape index (κ1) is 15.6. The number of aromatic amines is 1. The van der Waals surface area contributed by atoms with Crippen LogP contribution < -0.4 is 10.2 Å². The number of esters is 1. The van der Waals surface area contributed by atoms with Gasteiger partial charge in [-0.3, -0.25) is 4.79 Å². The predicted octanol–water partition coefficient (Wildman–Crippen LogP) is 2.70. The topological polar surface area (TPSA) is 88.6 Å². The maximum atomic E-state index is 12.3. The van der Waals surface area contributed by atoms with Gasteiger partial charge in [-0.25, -0.2) is 4.79 Å². The van der Waals surface area contributed by atoms with Crippen molar-refractivity contribution in [1.82, 2.24) is 4.98 Å². The van der Waals surface area contributed by atoms with Gasteiger partial charge in [0.15, 0.2) is 5.43 Å². The molecule has 0 aliphatic carbocycles. The molecule has 2 aromatic carbocycles. The van der Waals surface area contributed by atoms with Crippen LogP contribution in [0.5, 0.6) is 11.5 Å². The van der Waals surface area contributed by atoms with Crippen LogP contribution in [0.15, 0.2) is 47.3 Å². The maximum absolute atomic E-state index is 12.3. The average Bonchev–Trinajstić information content (AvgIpc) is 2.61. The Kier molecular flexibility index (Phi) is 3.95. The van der Waals surface area contributed by atoms with E-state index in [0.29, 0.717) is 11.3 Å². The first-order valence-electron chi connectivity index (χ1n) is 7.16. The van der Waals surface area contributed by atoms with E-state index in [-0.39, 0.29) is 27.8 Å². The molecule has 2 N–H and O–H groups in total. The number of hydrogen-bond acceptors (Lipinski definition) is 5. The van der Waals surface area contributed by atoms with Crippen LogP contribution in [0.3, 0.4) is 0 Å². The molecule has 3 aromatic rings. The molecule has 0 saturated carbocycles. The number of rotatable bonds is 3. The predicted molar refractivity (Wildman–Crippen MR) is 89.6 cm³/mol. The Bertz CT molecular complexity index is 973. The van der Waals surface area contributed by atoms with Gasteiger partial charge in [0.2, 0.25) is 0 Å². The molecule has 3 rings (SSSR count). The Morgan fingerprint density at radius 2 is 1.75 bits per heavy atom. The lowest BCUT2D eigenvalue weighted by atomic mass is 10.0. The number of phenolic OH excluding ortho intramolecular Hbond substituents is 1. The summed E-state index contributed by atoms with van der Waals surface area (Å²) in [6, 6.07) is 11.6. The van der Waals surface area contributed by atoms with Crippen molar-refractivity contribution >= 4 is 16.9 Å². The first-order valence-corrected chi connectivity index (χ1v) is 7.16. The molecule has 0 aliphatic rings. The molecule has 0 unspecified atom stereocenters. The Morgan fingerprint density at radius 1 is 1.04 bits per heavy atom. The molecular formula is C18H15NO5. The average molecular weight is 325 g/mol. The molecule has 0 amide bonds. The molecule has 0 radical (unpaired) electrons. The van der Waals surface area contributed by atoms with E-state index in [1.165, 1.54) is 13.2 Å². The lowest BCUT2D eigenvalue weighted by molar-refractivity contribution is 0.0594. The van der Waals surface area contributed by atoms with Crippen molar-refractivity contribution < 1.29 is 19.4 Å². The molecule has 1 heterocycles. The number of nitrogens with one attached hydrogen (secondary N) is 1. The molecule has 24 heavy (non-hydrogen) atoms. The van der Waals surface area contributed by atoms with Crippen LogP contribution in [-0.2, 0) is 4.74 Å². The van der Waals surface area contributed by atoms with Crippen LogP contribution in [-0.4, -0.2) is 30.3 Å². The number of pyridine rings is 1. The molecule has 1 aromatic heterocycles. The van der Waals surface area contributed by atoms with Crippen molar-refractivity contribution in [3.63, 3.8) is 0 Å². The minimum atomic E-state index is -0.673. The highest BCUT2D eigenvalue weighted by atomic mass is 16.5. The molecule has 0 saturated heterocycles. The van der Waals surface area contributed by atoms with Gasteiger partial charge in [0, 0.05) is 11.5 Å². The second-order valence-corrected chi connectivity index (χ2v) is 5.19. The van der Waals surface area contributed by atoms with Gasteiger partial charge in [-0.2, -0.15) is 0 Å². The summed E-state index contributed by atoms with van der Waals surface area (Å²) in [7, 11) is 2.80. The van der Waals surface area contributed by atoms with E-state index in [9.17, 15) is 14.7 Å². The summed E-state index contributed by atoms with van der Waals surface area (Å²) in [6.07, 6.45) is 0. The number of hydrogen-bond donors (Lipinski definition) is 2. The lowest BCUT2D eigenvalue weighted by Crippen LogP contribution is -2.11. The lowest BCUT2D eigenvalue weighted by Gasteiger charge is -2.08. The van der Waals surface area contributed by atoms with Gasteiger partial charge < -0.3 is 19.6 Å². The first-order chi connectivity index (χ1) is 11.5. The van der Waals surface area contributed by atoms with Gasteiger partial charge in [-0.15, -0.1) is 0 Å². The highest BCUT2D eigenvalue weighted by molar-refractivity contribution is 5.94. The highest BCUT2D eigenvalue weighted by Gasteiger charge is 2.13. The summed E-state index contributed by atoms with van der Waals surface area (Å²) in [4.78, 5) is 26.6. The zero-order chi connectivity index (χ0) is 17.3. The third kappa shape index (κ3) is 2.69. The Morgan fingerprint density at radius 3 is 2.38 bits per heavy atom. The molecule has 0 spiro atoms. The number of fused-ring (bicyclic) bond motifs is 1. The van der Waals surface area contributed by atoms with Gasteiger partial charge in [0.25, 0.3) is 0 Å². The summed E-state index contributed by atoms with van der Waals surface area (Å²) < 4.78 is 9.71. The number of carbonyl (C=O) groups is 1. The Balaban J connectivity index is 2.18.